The Morgan fingerprint density at radius 1 is 0.966 bits per heavy atom. The second-order valence-corrected chi connectivity index (χ2v) is 17.3. The van der Waals surface area contributed by atoms with Crippen LogP contribution in [0, 0.1) is 22.2 Å². The van der Waals surface area contributed by atoms with Gasteiger partial charge in [0.05, 0.1) is 33.9 Å². The number of carbonyl (C=O) groups excluding carboxylic acids is 5. The van der Waals surface area contributed by atoms with E-state index in [1.165, 1.54) is 0 Å². The summed E-state index contributed by atoms with van der Waals surface area (Å²) in [4.78, 5) is 74.0. The number of ether oxygens (including phenoxy) is 2. The molecule has 1 unspecified atom stereocenters. The average molecular weight is 810 g/mol. The van der Waals surface area contributed by atoms with Gasteiger partial charge in [0.15, 0.2) is 0 Å². The van der Waals surface area contributed by atoms with Crippen LogP contribution in [-0.4, -0.2) is 101 Å². The first kappa shape index (κ1) is 40.7. The van der Waals surface area contributed by atoms with Gasteiger partial charge in [-0.3, -0.25) is 39.1 Å². The summed E-state index contributed by atoms with van der Waals surface area (Å²) in [6.45, 7) is 15.3. The molecule has 1 aromatic heterocycles. The average Bonchev–Trinajstić information content (AvgIpc) is 3.42. The number of benzene rings is 2. The highest BCUT2D eigenvalue weighted by atomic mass is 35.5. The lowest BCUT2D eigenvalue weighted by molar-refractivity contribution is -0.164. The molecule has 304 valence electrons. The number of aromatic nitrogens is 1. The summed E-state index contributed by atoms with van der Waals surface area (Å²) >= 11 is 6.24. The summed E-state index contributed by atoms with van der Waals surface area (Å²) in [5, 5.41) is 15.0. The van der Waals surface area contributed by atoms with Gasteiger partial charge >= 0.3 is 0 Å². The van der Waals surface area contributed by atoms with Crippen LogP contribution in [0.25, 0.3) is 0 Å². The number of amides is 5. The molecule has 15 heteroatoms. The topological polar surface area (TPSA) is 174 Å². The van der Waals surface area contributed by atoms with E-state index in [4.69, 9.17) is 26.1 Å². The number of anilines is 1. The molecule has 4 heterocycles. The van der Waals surface area contributed by atoms with E-state index >= 15 is 0 Å². The Kier molecular flexibility index (Phi) is 11.0. The van der Waals surface area contributed by atoms with Crippen molar-refractivity contribution in [2.75, 3.05) is 31.1 Å². The highest BCUT2D eigenvalue weighted by molar-refractivity contribution is 6.31. The van der Waals surface area contributed by atoms with Crippen molar-refractivity contribution in [2.45, 2.75) is 91.1 Å². The van der Waals surface area contributed by atoms with E-state index in [1.54, 1.807) is 42.6 Å². The van der Waals surface area contributed by atoms with Gasteiger partial charge < -0.3 is 19.7 Å². The fourth-order valence-corrected chi connectivity index (χ4v) is 9.69. The van der Waals surface area contributed by atoms with Gasteiger partial charge in [-0.25, -0.2) is 4.98 Å². The number of nitrogens with one attached hydrogen (secondary N) is 2. The Balaban J connectivity index is 0.883. The molecule has 4 aliphatic rings. The fourth-order valence-electron chi connectivity index (χ4n) is 9.48. The molecule has 7 rings (SSSR count). The van der Waals surface area contributed by atoms with E-state index < -0.39 is 40.5 Å². The predicted octanol–water partition coefficient (Wildman–Crippen LogP) is 4.99. The lowest BCUT2D eigenvalue weighted by Crippen LogP contribution is -2.74. The van der Waals surface area contributed by atoms with Crippen LogP contribution in [0.5, 0.6) is 11.5 Å². The molecule has 3 fully saturated rings. The molecule has 3 atom stereocenters. The lowest BCUT2D eigenvalue weighted by Gasteiger charge is -2.63. The zero-order valence-electron chi connectivity index (χ0n) is 33.5. The lowest BCUT2D eigenvalue weighted by atomic mass is 9.49. The number of nitrogens with zero attached hydrogens (tertiary/aromatic N) is 5. The first-order valence-electron chi connectivity index (χ1n) is 19.6. The van der Waals surface area contributed by atoms with E-state index in [2.05, 4.69) is 68.0 Å². The summed E-state index contributed by atoms with van der Waals surface area (Å²) in [6.07, 6.45) is 2.31. The number of hydrogen-bond acceptors (Lipinski definition) is 11. The number of carbonyl (C=O) groups is 5. The molecule has 0 radical (unpaired) electrons. The molecule has 14 nitrogen and oxygen atoms in total. The van der Waals surface area contributed by atoms with Crippen molar-refractivity contribution in [2.24, 2.45) is 10.8 Å². The third kappa shape index (κ3) is 7.49. The molecule has 2 N–H and O–H groups in total. The number of rotatable bonds is 11. The van der Waals surface area contributed by atoms with Gasteiger partial charge in [0, 0.05) is 67.3 Å². The maximum atomic E-state index is 13.5. The Labute approximate surface area is 342 Å². The van der Waals surface area contributed by atoms with Gasteiger partial charge in [0.25, 0.3) is 17.7 Å². The molecular formula is C43H48ClN7O7. The minimum absolute atomic E-state index is 0.0624. The van der Waals surface area contributed by atoms with Crippen molar-refractivity contribution in [3.05, 3.63) is 82.0 Å². The molecule has 1 saturated carbocycles. The Hall–Kier alpha value is -5.52. The Morgan fingerprint density at radius 2 is 1.66 bits per heavy atom. The van der Waals surface area contributed by atoms with E-state index in [1.807, 2.05) is 12.1 Å². The molecule has 58 heavy (non-hydrogen) atoms. The molecule has 3 aliphatic heterocycles. The fraction of sp³-hybridized carbons (Fsp3) is 0.465. The predicted molar refractivity (Wildman–Crippen MR) is 215 cm³/mol. The van der Waals surface area contributed by atoms with E-state index in [0.29, 0.717) is 34.3 Å². The molecule has 0 spiro atoms. The Bertz CT molecular complexity index is 2180. The standard InChI is InChI=1S/C43H48ClN7O7/c1-24-22-49(34-14-9-27(21-46-34)36(53)48-40-42(3,4)41(43(40,5)6)58-29-10-8-26(20-45)32(44)19-29)23-25(2)50(24)16-7-17-57-28-11-12-30-31(18-28)39(56)51(38(30)55)33-13-15-35(52)47-37(33)54/h8-12,14,18-19,21,24-25,33,40-41H,7,13,15-17,22-23H2,1-6H3,(H,48,53)(H,47,52,54)/t24-,25+,33?,40?,41?. The smallest absolute Gasteiger partial charge is 0.262 e. The number of piperidine rings is 1. The second-order valence-electron chi connectivity index (χ2n) is 16.9. The normalized spacial score (nSPS) is 25.0. The van der Waals surface area contributed by atoms with Gasteiger partial charge in [-0.05, 0) is 69.2 Å². The highest BCUT2D eigenvalue weighted by Gasteiger charge is 2.64. The van der Waals surface area contributed by atoms with Gasteiger partial charge in [-0.15, -0.1) is 0 Å². The van der Waals surface area contributed by atoms with Crippen molar-refractivity contribution in [3.8, 4) is 17.6 Å². The minimum atomic E-state index is -1.02. The first-order valence-corrected chi connectivity index (χ1v) is 20.0. The minimum Gasteiger partial charge on any atom is -0.494 e. The summed E-state index contributed by atoms with van der Waals surface area (Å²) in [5.41, 5.74) is 0.479. The first-order chi connectivity index (χ1) is 27.5. The van der Waals surface area contributed by atoms with Crippen LogP contribution >= 0.6 is 11.6 Å². The number of pyridine rings is 1. The maximum absolute atomic E-state index is 13.5. The maximum Gasteiger partial charge on any atom is 0.262 e. The summed E-state index contributed by atoms with van der Waals surface area (Å²) < 4.78 is 12.4. The van der Waals surface area contributed by atoms with Crippen molar-refractivity contribution in [1.29, 1.82) is 5.26 Å². The number of halogens is 1. The second kappa shape index (κ2) is 15.7. The molecule has 0 bridgehead atoms. The molecule has 5 amide bonds. The van der Waals surface area contributed by atoms with Gasteiger partial charge in [0.1, 0.15) is 35.5 Å². The summed E-state index contributed by atoms with van der Waals surface area (Å²) in [6, 6.07) is 14.8. The summed E-state index contributed by atoms with van der Waals surface area (Å²) in [7, 11) is 0. The van der Waals surface area contributed by atoms with Crippen LogP contribution in [0.15, 0.2) is 54.7 Å². The molecule has 2 saturated heterocycles. The van der Waals surface area contributed by atoms with E-state index in [-0.39, 0.29) is 54.1 Å². The third-order valence-electron chi connectivity index (χ3n) is 12.1. The van der Waals surface area contributed by atoms with Gasteiger partial charge in [-0.1, -0.05) is 39.3 Å². The quantitative estimate of drug-likeness (QED) is 0.197. The van der Waals surface area contributed by atoms with Gasteiger partial charge in [0.2, 0.25) is 11.8 Å². The van der Waals surface area contributed by atoms with Crippen molar-refractivity contribution >= 4 is 47.0 Å². The Morgan fingerprint density at radius 3 is 2.29 bits per heavy atom. The number of fused-ring (bicyclic) bond motifs is 1. The van der Waals surface area contributed by atoms with Crippen LogP contribution in [0.3, 0.4) is 0 Å². The number of nitriles is 1. The zero-order valence-corrected chi connectivity index (χ0v) is 34.3. The van der Waals surface area contributed by atoms with Gasteiger partial charge in [-0.2, -0.15) is 5.26 Å². The van der Waals surface area contributed by atoms with Crippen LogP contribution < -0.4 is 25.0 Å². The van der Waals surface area contributed by atoms with Crippen LogP contribution in [0.4, 0.5) is 5.82 Å². The number of imide groups is 2. The molecular weight excluding hydrogens is 762 g/mol. The number of piperazine rings is 1. The van der Waals surface area contributed by atoms with Crippen LogP contribution in [-0.2, 0) is 9.59 Å². The highest BCUT2D eigenvalue weighted by Crippen LogP contribution is 2.55. The van der Waals surface area contributed by atoms with Crippen molar-refractivity contribution in [3.63, 3.8) is 0 Å². The van der Waals surface area contributed by atoms with Crippen molar-refractivity contribution in [1.82, 2.24) is 25.4 Å². The SMILES string of the molecule is C[C@@H]1CN(c2ccc(C(=O)NC3C(C)(C)C(Oc4ccc(C#N)c(Cl)c4)C3(C)C)cn2)C[C@H](C)N1CCCOc1ccc2c(c1)C(=O)N(C1CCC(=O)NC1=O)C2=O. The van der Waals surface area contributed by atoms with Crippen LogP contribution in [0.2, 0.25) is 5.02 Å². The monoisotopic (exact) mass is 809 g/mol. The molecule has 2 aromatic carbocycles. The zero-order chi connectivity index (χ0) is 41.7. The summed E-state index contributed by atoms with van der Waals surface area (Å²) in [5.74, 6) is -0.537. The molecule has 1 aliphatic carbocycles. The van der Waals surface area contributed by atoms with E-state index in [0.717, 1.165) is 36.8 Å². The number of hydrogen-bond donors (Lipinski definition) is 2. The van der Waals surface area contributed by atoms with Crippen LogP contribution in [0.1, 0.15) is 97.4 Å². The third-order valence-corrected chi connectivity index (χ3v) is 12.4. The van der Waals surface area contributed by atoms with E-state index in [9.17, 15) is 29.2 Å². The largest absolute Gasteiger partial charge is 0.494 e. The molecule has 3 aromatic rings. The van der Waals surface area contributed by atoms with Crippen molar-refractivity contribution < 1.29 is 33.4 Å².